The fourth-order valence-corrected chi connectivity index (χ4v) is 2.13. The van der Waals surface area contributed by atoms with Crippen LogP contribution in [0.5, 0.6) is 0 Å². The highest BCUT2D eigenvalue weighted by molar-refractivity contribution is 5.68. The number of carbonyl (C=O) groups is 1. The number of likely N-dealkylation sites (tertiary alicyclic amines) is 1. The van der Waals surface area contributed by atoms with Gasteiger partial charge in [-0.2, -0.15) is 0 Å². The van der Waals surface area contributed by atoms with E-state index in [-0.39, 0.29) is 18.2 Å². The monoisotopic (exact) mass is 251 g/mol. The fraction of sp³-hybridized carbons (Fsp3) is 0.583. The highest BCUT2D eigenvalue weighted by atomic mass is 16.5. The van der Waals surface area contributed by atoms with Crippen LogP contribution in [0.25, 0.3) is 0 Å². The molecule has 1 saturated heterocycles. The van der Waals surface area contributed by atoms with Gasteiger partial charge in [0.1, 0.15) is 6.61 Å². The number of aromatic nitrogens is 2. The second-order valence-electron chi connectivity index (χ2n) is 4.84. The first kappa shape index (κ1) is 12.9. The Kier molecular flexibility index (Phi) is 3.58. The summed E-state index contributed by atoms with van der Waals surface area (Å²) in [6, 6.07) is 0.167. The van der Waals surface area contributed by atoms with E-state index in [1.54, 1.807) is 18.6 Å². The Labute approximate surface area is 106 Å². The van der Waals surface area contributed by atoms with Gasteiger partial charge >= 0.3 is 5.97 Å². The zero-order valence-corrected chi connectivity index (χ0v) is 10.5. The van der Waals surface area contributed by atoms with E-state index in [2.05, 4.69) is 21.8 Å². The summed E-state index contributed by atoms with van der Waals surface area (Å²) in [7, 11) is 0. The molecule has 1 aromatic heterocycles. The highest BCUT2D eigenvalue weighted by Gasteiger charge is 2.42. The molecule has 2 rings (SSSR count). The lowest BCUT2D eigenvalue weighted by Crippen LogP contribution is -2.62. The van der Waals surface area contributed by atoms with Crippen LogP contribution in [0.15, 0.2) is 18.6 Å². The van der Waals surface area contributed by atoms with Crippen molar-refractivity contribution in [1.82, 2.24) is 14.9 Å². The van der Waals surface area contributed by atoms with Gasteiger partial charge in [0.15, 0.2) is 0 Å². The van der Waals surface area contributed by atoms with Gasteiger partial charge in [-0.3, -0.25) is 14.9 Å². The molecule has 0 aromatic carbocycles. The number of carboxylic acid groups (broad SMARTS) is 1. The van der Waals surface area contributed by atoms with Crippen molar-refractivity contribution in [3.8, 4) is 0 Å². The minimum Gasteiger partial charge on any atom is -0.480 e. The van der Waals surface area contributed by atoms with E-state index in [0.717, 1.165) is 5.69 Å². The third-order valence-corrected chi connectivity index (χ3v) is 3.18. The molecule has 1 N–H and O–H groups in total. The van der Waals surface area contributed by atoms with E-state index in [1.165, 1.54) is 0 Å². The Bertz CT molecular complexity index is 418. The van der Waals surface area contributed by atoms with Gasteiger partial charge < -0.3 is 9.84 Å². The molecule has 0 saturated carbocycles. The fourth-order valence-electron chi connectivity index (χ4n) is 2.13. The molecule has 1 aliphatic heterocycles. The van der Waals surface area contributed by atoms with Gasteiger partial charge in [0.25, 0.3) is 0 Å². The summed E-state index contributed by atoms with van der Waals surface area (Å²) in [5, 5.41) is 8.59. The Hall–Kier alpha value is -1.53. The molecule has 2 heterocycles. The number of carboxylic acids is 1. The first-order chi connectivity index (χ1) is 8.50. The SMILES string of the molecule is CC(c1cnccn1)N1CC(C)(OCC(=O)O)C1. The number of hydrogen-bond donors (Lipinski definition) is 1. The Balaban J connectivity index is 1.87. The van der Waals surface area contributed by atoms with E-state index in [0.29, 0.717) is 13.1 Å². The van der Waals surface area contributed by atoms with Crippen LogP contribution >= 0.6 is 0 Å². The first-order valence-corrected chi connectivity index (χ1v) is 5.86. The van der Waals surface area contributed by atoms with Crippen molar-refractivity contribution in [3.05, 3.63) is 24.3 Å². The lowest BCUT2D eigenvalue weighted by Gasteiger charge is -2.49. The number of aliphatic carboxylic acids is 1. The van der Waals surface area contributed by atoms with Crippen molar-refractivity contribution in [2.75, 3.05) is 19.7 Å². The molecule has 0 spiro atoms. The molecule has 98 valence electrons. The molecule has 6 nitrogen and oxygen atoms in total. The van der Waals surface area contributed by atoms with Gasteiger partial charge in [0.05, 0.1) is 17.3 Å². The van der Waals surface area contributed by atoms with Crippen molar-refractivity contribution in [2.24, 2.45) is 0 Å². The quantitative estimate of drug-likeness (QED) is 0.830. The number of ether oxygens (including phenoxy) is 1. The summed E-state index contributed by atoms with van der Waals surface area (Å²) in [5.41, 5.74) is 0.548. The Morgan fingerprint density at radius 1 is 1.61 bits per heavy atom. The van der Waals surface area contributed by atoms with E-state index in [9.17, 15) is 4.79 Å². The molecule has 0 aliphatic carbocycles. The van der Waals surface area contributed by atoms with Crippen molar-refractivity contribution >= 4 is 5.97 Å². The number of rotatable bonds is 5. The van der Waals surface area contributed by atoms with E-state index in [1.807, 2.05) is 6.92 Å². The van der Waals surface area contributed by atoms with Crippen LogP contribution in [0.4, 0.5) is 0 Å². The van der Waals surface area contributed by atoms with Gasteiger partial charge in [-0.25, -0.2) is 4.79 Å². The smallest absolute Gasteiger partial charge is 0.329 e. The normalized spacial score (nSPS) is 20.1. The van der Waals surface area contributed by atoms with Gasteiger partial charge in [-0.15, -0.1) is 0 Å². The largest absolute Gasteiger partial charge is 0.480 e. The maximum atomic E-state index is 10.5. The third kappa shape index (κ3) is 2.83. The molecule has 0 radical (unpaired) electrons. The summed E-state index contributed by atoms with van der Waals surface area (Å²) in [6.07, 6.45) is 5.07. The standard InChI is InChI=1S/C12H17N3O3/c1-9(10-5-13-3-4-14-10)15-7-12(2,8-15)18-6-11(16)17/h3-5,9H,6-8H2,1-2H3,(H,16,17). The molecule has 1 aliphatic rings. The van der Waals surface area contributed by atoms with Crippen LogP contribution in [0.2, 0.25) is 0 Å². The maximum Gasteiger partial charge on any atom is 0.329 e. The first-order valence-electron chi connectivity index (χ1n) is 5.86. The van der Waals surface area contributed by atoms with Crippen molar-refractivity contribution in [3.63, 3.8) is 0 Å². The van der Waals surface area contributed by atoms with E-state index < -0.39 is 5.97 Å². The molecule has 1 aromatic rings. The highest BCUT2D eigenvalue weighted by Crippen LogP contribution is 2.31. The lowest BCUT2D eigenvalue weighted by molar-refractivity contribution is -0.169. The molecule has 1 atom stereocenters. The van der Waals surface area contributed by atoms with Gasteiger partial charge in [0.2, 0.25) is 0 Å². The van der Waals surface area contributed by atoms with Gasteiger partial charge in [-0.1, -0.05) is 0 Å². The molecule has 18 heavy (non-hydrogen) atoms. The summed E-state index contributed by atoms with van der Waals surface area (Å²) in [4.78, 5) is 21.0. The van der Waals surface area contributed by atoms with E-state index in [4.69, 9.17) is 9.84 Å². The molecular weight excluding hydrogens is 234 g/mol. The van der Waals surface area contributed by atoms with Crippen LogP contribution in [0, 0.1) is 0 Å². The minimum absolute atomic E-state index is 0.167. The maximum absolute atomic E-state index is 10.5. The lowest BCUT2D eigenvalue weighted by atomic mass is 9.93. The summed E-state index contributed by atoms with van der Waals surface area (Å²) in [6.45, 7) is 5.15. The Morgan fingerprint density at radius 2 is 2.33 bits per heavy atom. The average Bonchev–Trinajstić information content (AvgIpc) is 2.33. The van der Waals surface area contributed by atoms with Crippen LogP contribution < -0.4 is 0 Å². The van der Waals surface area contributed by atoms with Crippen LogP contribution in [0.3, 0.4) is 0 Å². The topological polar surface area (TPSA) is 75.5 Å². The van der Waals surface area contributed by atoms with Crippen molar-refractivity contribution < 1.29 is 14.6 Å². The predicted molar refractivity (Wildman–Crippen MR) is 64.0 cm³/mol. The zero-order chi connectivity index (χ0) is 13.2. The second kappa shape index (κ2) is 4.99. The van der Waals surface area contributed by atoms with Crippen molar-refractivity contribution in [1.29, 1.82) is 0 Å². The van der Waals surface area contributed by atoms with Crippen molar-refractivity contribution in [2.45, 2.75) is 25.5 Å². The summed E-state index contributed by atoms with van der Waals surface area (Å²) in [5.74, 6) is -0.934. The molecule has 0 amide bonds. The molecule has 6 heteroatoms. The Morgan fingerprint density at radius 3 is 2.89 bits per heavy atom. The van der Waals surface area contributed by atoms with Gasteiger partial charge in [-0.05, 0) is 13.8 Å². The van der Waals surface area contributed by atoms with Crippen LogP contribution in [-0.2, 0) is 9.53 Å². The second-order valence-corrected chi connectivity index (χ2v) is 4.84. The summed E-state index contributed by atoms with van der Waals surface area (Å²) < 4.78 is 5.37. The molecular formula is C12H17N3O3. The minimum atomic E-state index is -0.934. The number of hydrogen-bond acceptors (Lipinski definition) is 5. The average molecular weight is 251 g/mol. The van der Waals surface area contributed by atoms with Crippen LogP contribution in [-0.4, -0.2) is 51.2 Å². The molecule has 1 unspecified atom stereocenters. The molecule has 1 fully saturated rings. The predicted octanol–water partition coefficient (Wildman–Crippen LogP) is 0.713. The number of nitrogens with zero attached hydrogens (tertiary/aromatic N) is 3. The van der Waals surface area contributed by atoms with E-state index >= 15 is 0 Å². The zero-order valence-electron chi connectivity index (χ0n) is 10.5. The van der Waals surface area contributed by atoms with Crippen LogP contribution in [0.1, 0.15) is 25.6 Å². The third-order valence-electron chi connectivity index (χ3n) is 3.18. The molecule has 0 bridgehead atoms. The van der Waals surface area contributed by atoms with Gasteiger partial charge in [0, 0.05) is 31.7 Å². The summed E-state index contributed by atoms with van der Waals surface area (Å²) >= 11 is 0.